The minimum atomic E-state index is -0.191. The molecule has 1 aliphatic carbocycles. The Hall–Kier alpha value is -3.11. The van der Waals surface area contributed by atoms with Gasteiger partial charge < -0.3 is 10.6 Å². The minimum absolute atomic E-state index is 0.0332. The number of amides is 2. The van der Waals surface area contributed by atoms with Gasteiger partial charge in [0.2, 0.25) is 0 Å². The number of aryl methyl sites for hydroxylation is 1. The van der Waals surface area contributed by atoms with Crippen LogP contribution in [-0.2, 0) is 0 Å². The summed E-state index contributed by atoms with van der Waals surface area (Å²) in [7, 11) is 0. The molecule has 0 aliphatic heterocycles. The fourth-order valence-corrected chi connectivity index (χ4v) is 3.40. The van der Waals surface area contributed by atoms with E-state index in [2.05, 4.69) is 10.6 Å². The number of carbonyl (C=O) groups is 2. The molecule has 0 heterocycles. The number of benzene rings is 3. The molecule has 2 amide bonds. The van der Waals surface area contributed by atoms with Gasteiger partial charge in [-0.15, -0.1) is 0 Å². The van der Waals surface area contributed by atoms with E-state index in [-0.39, 0.29) is 11.8 Å². The molecule has 5 heteroatoms. The molecule has 1 fully saturated rings. The molecule has 0 radical (unpaired) electrons. The molecular formula is C25H23ClN2O2. The minimum Gasteiger partial charge on any atom is -0.352 e. The average molecular weight is 419 g/mol. The summed E-state index contributed by atoms with van der Waals surface area (Å²) < 4.78 is 0. The van der Waals surface area contributed by atoms with E-state index in [0.29, 0.717) is 27.8 Å². The van der Waals surface area contributed by atoms with Crippen molar-refractivity contribution in [2.45, 2.75) is 19.8 Å². The molecule has 1 aliphatic rings. The largest absolute Gasteiger partial charge is 0.352 e. The van der Waals surface area contributed by atoms with Crippen molar-refractivity contribution < 1.29 is 9.59 Å². The molecule has 1 saturated carbocycles. The van der Waals surface area contributed by atoms with Gasteiger partial charge in [0, 0.05) is 28.4 Å². The molecule has 0 bridgehead atoms. The predicted octanol–water partition coefficient (Wildman–Crippen LogP) is 5.71. The van der Waals surface area contributed by atoms with E-state index in [9.17, 15) is 9.59 Å². The summed E-state index contributed by atoms with van der Waals surface area (Å²) in [5, 5.41) is 6.51. The molecule has 3 aromatic rings. The summed E-state index contributed by atoms with van der Waals surface area (Å²) in [6, 6.07) is 20.2. The molecule has 0 saturated heterocycles. The van der Waals surface area contributed by atoms with Gasteiger partial charge >= 0.3 is 0 Å². The lowest BCUT2D eigenvalue weighted by atomic mass is 9.98. The lowest BCUT2D eigenvalue weighted by Gasteiger charge is -2.12. The van der Waals surface area contributed by atoms with Crippen molar-refractivity contribution in [3.05, 3.63) is 88.4 Å². The first-order valence-corrected chi connectivity index (χ1v) is 10.4. The van der Waals surface area contributed by atoms with Gasteiger partial charge in [-0.2, -0.15) is 0 Å². The third kappa shape index (κ3) is 4.89. The van der Waals surface area contributed by atoms with Crippen LogP contribution in [0.2, 0.25) is 5.02 Å². The standard InChI is InChI=1S/C25H23ClN2O2/c1-16-2-13-22(28-25(30)20-9-11-21(26)12-10-20)14-23(16)18-5-7-19(8-6-18)24(29)27-15-17-3-4-17/h2,5-14,17H,3-4,15H2,1H3,(H,27,29)(H,28,30). The molecule has 3 aromatic carbocycles. The topological polar surface area (TPSA) is 58.2 Å². The zero-order valence-electron chi connectivity index (χ0n) is 16.7. The maximum atomic E-state index is 12.5. The van der Waals surface area contributed by atoms with Crippen molar-refractivity contribution in [3.63, 3.8) is 0 Å². The summed E-state index contributed by atoms with van der Waals surface area (Å²) in [4.78, 5) is 24.7. The Labute approximate surface area is 181 Å². The van der Waals surface area contributed by atoms with Gasteiger partial charge in [-0.1, -0.05) is 29.8 Å². The van der Waals surface area contributed by atoms with Crippen LogP contribution in [0.25, 0.3) is 11.1 Å². The third-order valence-corrected chi connectivity index (χ3v) is 5.56. The molecule has 0 unspecified atom stereocenters. The van der Waals surface area contributed by atoms with Crippen molar-refractivity contribution in [1.29, 1.82) is 0 Å². The van der Waals surface area contributed by atoms with Crippen molar-refractivity contribution >= 4 is 29.1 Å². The molecule has 30 heavy (non-hydrogen) atoms. The summed E-state index contributed by atoms with van der Waals surface area (Å²) in [5.41, 5.74) is 5.00. The van der Waals surface area contributed by atoms with Gasteiger partial charge in [0.25, 0.3) is 11.8 Å². The zero-order chi connectivity index (χ0) is 21.1. The number of hydrogen-bond donors (Lipinski definition) is 2. The highest BCUT2D eigenvalue weighted by atomic mass is 35.5. The van der Waals surface area contributed by atoms with Crippen LogP contribution >= 0.6 is 11.6 Å². The Bertz CT molecular complexity index is 1070. The van der Waals surface area contributed by atoms with E-state index in [1.165, 1.54) is 12.8 Å². The van der Waals surface area contributed by atoms with Crippen LogP contribution in [0.15, 0.2) is 66.7 Å². The fraction of sp³-hybridized carbons (Fsp3) is 0.200. The molecule has 0 aromatic heterocycles. The van der Waals surface area contributed by atoms with E-state index in [1.54, 1.807) is 24.3 Å². The number of anilines is 1. The van der Waals surface area contributed by atoms with Crippen LogP contribution in [0.4, 0.5) is 5.69 Å². The lowest BCUT2D eigenvalue weighted by Crippen LogP contribution is -2.25. The highest BCUT2D eigenvalue weighted by Crippen LogP contribution is 2.29. The molecule has 0 spiro atoms. The quantitative estimate of drug-likeness (QED) is 0.538. The monoisotopic (exact) mass is 418 g/mol. The van der Waals surface area contributed by atoms with Crippen molar-refractivity contribution in [1.82, 2.24) is 5.32 Å². The highest BCUT2D eigenvalue weighted by molar-refractivity contribution is 6.30. The van der Waals surface area contributed by atoms with Gasteiger partial charge in [-0.3, -0.25) is 9.59 Å². The Balaban J connectivity index is 1.49. The average Bonchev–Trinajstić information content (AvgIpc) is 3.58. The Kier molecular flexibility index (Phi) is 5.86. The lowest BCUT2D eigenvalue weighted by molar-refractivity contribution is 0.0951. The van der Waals surface area contributed by atoms with E-state index < -0.39 is 0 Å². The molecule has 0 atom stereocenters. The van der Waals surface area contributed by atoms with Crippen LogP contribution in [0.5, 0.6) is 0 Å². The van der Waals surface area contributed by atoms with Gasteiger partial charge in [-0.05, 0) is 90.9 Å². The van der Waals surface area contributed by atoms with E-state index in [0.717, 1.165) is 23.2 Å². The Morgan fingerprint density at radius 1 is 0.900 bits per heavy atom. The highest BCUT2D eigenvalue weighted by Gasteiger charge is 2.21. The number of halogens is 1. The van der Waals surface area contributed by atoms with E-state index >= 15 is 0 Å². The molecule has 4 nitrogen and oxygen atoms in total. The van der Waals surface area contributed by atoms with Crippen molar-refractivity contribution in [2.24, 2.45) is 5.92 Å². The van der Waals surface area contributed by atoms with Gasteiger partial charge in [0.15, 0.2) is 0 Å². The van der Waals surface area contributed by atoms with E-state index in [1.807, 2.05) is 49.4 Å². The SMILES string of the molecule is Cc1ccc(NC(=O)c2ccc(Cl)cc2)cc1-c1ccc(C(=O)NCC2CC2)cc1. The first-order valence-electron chi connectivity index (χ1n) is 10.1. The van der Waals surface area contributed by atoms with E-state index in [4.69, 9.17) is 11.6 Å². The smallest absolute Gasteiger partial charge is 0.255 e. The first-order chi connectivity index (χ1) is 14.5. The maximum Gasteiger partial charge on any atom is 0.255 e. The van der Waals surface area contributed by atoms with Gasteiger partial charge in [0.05, 0.1) is 0 Å². The van der Waals surface area contributed by atoms with Gasteiger partial charge in [-0.25, -0.2) is 0 Å². The molecule has 2 N–H and O–H groups in total. The number of nitrogens with one attached hydrogen (secondary N) is 2. The van der Waals surface area contributed by atoms with Gasteiger partial charge in [0.1, 0.15) is 0 Å². The first kappa shape index (κ1) is 20.2. The van der Waals surface area contributed by atoms with Crippen LogP contribution in [0.3, 0.4) is 0 Å². The maximum absolute atomic E-state index is 12.5. The summed E-state index contributed by atoms with van der Waals surface area (Å²) >= 11 is 5.89. The molecule has 4 rings (SSSR count). The zero-order valence-corrected chi connectivity index (χ0v) is 17.5. The van der Waals surface area contributed by atoms with Crippen LogP contribution < -0.4 is 10.6 Å². The second-order valence-electron chi connectivity index (χ2n) is 7.72. The van der Waals surface area contributed by atoms with Crippen molar-refractivity contribution in [3.8, 4) is 11.1 Å². The fourth-order valence-electron chi connectivity index (χ4n) is 3.28. The second kappa shape index (κ2) is 8.72. The predicted molar refractivity (Wildman–Crippen MR) is 121 cm³/mol. The van der Waals surface area contributed by atoms with Crippen LogP contribution in [0.1, 0.15) is 39.1 Å². The summed E-state index contributed by atoms with van der Waals surface area (Å²) in [6.07, 6.45) is 2.42. The molecule has 152 valence electrons. The van der Waals surface area contributed by atoms with Crippen LogP contribution in [0, 0.1) is 12.8 Å². The summed E-state index contributed by atoms with van der Waals surface area (Å²) in [6.45, 7) is 2.78. The molecular weight excluding hydrogens is 396 g/mol. The summed E-state index contributed by atoms with van der Waals surface area (Å²) in [5.74, 6) is 0.431. The Morgan fingerprint density at radius 2 is 1.53 bits per heavy atom. The van der Waals surface area contributed by atoms with Crippen molar-refractivity contribution in [2.75, 3.05) is 11.9 Å². The third-order valence-electron chi connectivity index (χ3n) is 5.31. The Morgan fingerprint density at radius 3 is 2.20 bits per heavy atom. The normalized spacial score (nSPS) is 13.0. The number of rotatable bonds is 6. The van der Waals surface area contributed by atoms with Crippen LogP contribution in [-0.4, -0.2) is 18.4 Å². The number of hydrogen-bond acceptors (Lipinski definition) is 2. The number of carbonyl (C=O) groups excluding carboxylic acids is 2. The second-order valence-corrected chi connectivity index (χ2v) is 8.16.